The number of hydrogen-bond acceptors (Lipinski definition) is 4. The fraction of sp³-hybridized carbons (Fsp3) is 0.176. The first kappa shape index (κ1) is 25.4. The highest BCUT2D eigenvalue weighted by molar-refractivity contribution is 5.64. The van der Waals surface area contributed by atoms with E-state index >= 15 is 0 Å². The minimum absolute atomic E-state index is 0.426. The number of para-hydroxylation sites is 2. The fourth-order valence-electron chi connectivity index (χ4n) is 5.26. The molecule has 4 heterocycles. The molecule has 0 aliphatic rings. The lowest BCUT2D eigenvalue weighted by molar-refractivity contribution is 0.560. The predicted molar refractivity (Wildman–Crippen MR) is 159 cm³/mol. The van der Waals surface area contributed by atoms with Crippen molar-refractivity contribution in [2.24, 2.45) is 0 Å². The Bertz CT molecular complexity index is 1610. The molecule has 4 aromatic heterocycles. The lowest BCUT2D eigenvalue weighted by atomic mass is 9.84. The van der Waals surface area contributed by atoms with E-state index in [0.29, 0.717) is 0 Å². The van der Waals surface area contributed by atoms with Gasteiger partial charge in [-0.05, 0) is 87.4 Å². The van der Waals surface area contributed by atoms with Gasteiger partial charge in [-0.15, -0.1) is 0 Å². The van der Waals surface area contributed by atoms with Crippen LogP contribution in [0, 0.1) is 0 Å². The standard InChI is InChI=1S/C34H32N6/c1-33(2,31-37-19-21-39(31)27-11-7-5-8-12-27)29-23-25(15-17-35-29)26-16-18-36-30(24-26)34(3,4)32-38-20-22-40(32)28-13-9-6-10-14-28/h5-24H,1-4H3. The number of pyridine rings is 2. The highest BCUT2D eigenvalue weighted by atomic mass is 15.1. The molecular formula is C34H32N6. The van der Waals surface area contributed by atoms with Gasteiger partial charge in [0.15, 0.2) is 0 Å². The first-order chi connectivity index (χ1) is 19.4. The number of rotatable bonds is 7. The van der Waals surface area contributed by atoms with Crippen LogP contribution in [0.1, 0.15) is 50.7 Å². The van der Waals surface area contributed by atoms with E-state index in [1.165, 1.54) is 0 Å². The fourth-order valence-corrected chi connectivity index (χ4v) is 5.26. The second-order valence-corrected chi connectivity index (χ2v) is 11.0. The van der Waals surface area contributed by atoms with Gasteiger partial charge in [0.05, 0.1) is 22.2 Å². The Labute approximate surface area is 235 Å². The van der Waals surface area contributed by atoms with Gasteiger partial charge in [0.25, 0.3) is 0 Å². The second kappa shape index (κ2) is 10.0. The van der Waals surface area contributed by atoms with E-state index in [9.17, 15) is 0 Å². The molecular weight excluding hydrogens is 492 g/mol. The third-order valence-corrected chi connectivity index (χ3v) is 7.60. The quantitative estimate of drug-likeness (QED) is 0.222. The smallest absolute Gasteiger partial charge is 0.124 e. The number of hydrogen-bond donors (Lipinski definition) is 0. The summed E-state index contributed by atoms with van der Waals surface area (Å²) >= 11 is 0. The molecule has 0 saturated carbocycles. The zero-order valence-electron chi connectivity index (χ0n) is 23.2. The van der Waals surface area contributed by atoms with Gasteiger partial charge in [-0.25, -0.2) is 9.97 Å². The van der Waals surface area contributed by atoms with E-state index in [1.807, 2.05) is 73.6 Å². The number of nitrogens with zero attached hydrogens (tertiary/aromatic N) is 6. The molecule has 198 valence electrons. The van der Waals surface area contributed by atoms with Crippen molar-refractivity contribution in [1.82, 2.24) is 29.1 Å². The maximum Gasteiger partial charge on any atom is 0.124 e. The molecule has 0 unspecified atom stereocenters. The molecule has 6 rings (SSSR count). The van der Waals surface area contributed by atoms with Crippen LogP contribution in [0.5, 0.6) is 0 Å². The molecule has 40 heavy (non-hydrogen) atoms. The minimum Gasteiger partial charge on any atom is -0.303 e. The molecule has 0 radical (unpaired) electrons. The zero-order chi connectivity index (χ0) is 27.7. The van der Waals surface area contributed by atoms with E-state index in [-0.39, 0.29) is 0 Å². The van der Waals surface area contributed by atoms with E-state index in [1.54, 1.807) is 0 Å². The van der Waals surface area contributed by atoms with Crippen LogP contribution >= 0.6 is 0 Å². The molecule has 6 heteroatoms. The van der Waals surface area contributed by atoms with Crippen LogP contribution in [-0.2, 0) is 10.8 Å². The van der Waals surface area contributed by atoms with Gasteiger partial charge in [0, 0.05) is 48.6 Å². The van der Waals surface area contributed by atoms with Gasteiger partial charge < -0.3 is 9.13 Å². The molecule has 2 aromatic carbocycles. The van der Waals surface area contributed by atoms with Gasteiger partial charge in [-0.3, -0.25) is 9.97 Å². The van der Waals surface area contributed by atoms with Gasteiger partial charge in [0.2, 0.25) is 0 Å². The summed E-state index contributed by atoms with van der Waals surface area (Å²) in [6, 6.07) is 29.0. The van der Waals surface area contributed by atoms with Crippen LogP contribution in [0.15, 0.2) is 122 Å². The van der Waals surface area contributed by atoms with Crippen LogP contribution in [0.3, 0.4) is 0 Å². The summed E-state index contributed by atoms with van der Waals surface area (Å²) in [6.45, 7) is 8.69. The van der Waals surface area contributed by atoms with E-state index in [4.69, 9.17) is 19.9 Å². The lowest BCUT2D eigenvalue weighted by Gasteiger charge is -2.26. The van der Waals surface area contributed by atoms with Crippen LogP contribution < -0.4 is 0 Å². The first-order valence-corrected chi connectivity index (χ1v) is 13.5. The van der Waals surface area contributed by atoms with Crippen molar-refractivity contribution in [3.05, 3.63) is 145 Å². The highest BCUT2D eigenvalue weighted by Gasteiger charge is 2.32. The Morgan fingerprint density at radius 2 is 0.875 bits per heavy atom. The molecule has 6 nitrogen and oxygen atoms in total. The van der Waals surface area contributed by atoms with E-state index in [0.717, 1.165) is 45.5 Å². The van der Waals surface area contributed by atoms with Crippen molar-refractivity contribution in [1.29, 1.82) is 0 Å². The number of aromatic nitrogens is 6. The van der Waals surface area contributed by atoms with Gasteiger partial charge in [-0.1, -0.05) is 36.4 Å². The van der Waals surface area contributed by atoms with E-state index in [2.05, 4.69) is 85.4 Å². The summed E-state index contributed by atoms with van der Waals surface area (Å²) in [5.41, 5.74) is 5.37. The van der Waals surface area contributed by atoms with Crippen LogP contribution in [0.25, 0.3) is 22.5 Å². The van der Waals surface area contributed by atoms with Crippen molar-refractivity contribution < 1.29 is 0 Å². The molecule has 0 aliphatic heterocycles. The maximum absolute atomic E-state index is 4.80. The Morgan fingerprint density at radius 3 is 1.27 bits per heavy atom. The van der Waals surface area contributed by atoms with Crippen molar-refractivity contribution in [3.8, 4) is 22.5 Å². The highest BCUT2D eigenvalue weighted by Crippen LogP contribution is 2.35. The zero-order valence-corrected chi connectivity index (χ0v) is 23.2. The molecule has 0 saturated heterocycles. The van der Waals surface area contributed by atoms with Gasteiger partial charge >= 0.3 is 0 Å². The Morgan fingerprint density at radius 1 is 0.475 bits per heavy atom. The topological polar surface area (TPSA) is 61.4 Å². The second-order valence-electron chi connectivity index (χ2n) is 11.0. The molecule has 0 fully saturated rings. The van der Waals surface area contributed by atoms with Crippen molar-refractivity contribution >= 4 is 0 Å². The molecule has 0 spiro atoms. The molecule has 0 atom stereocenters. The average Bonchev–Trinajstić information content (AvgIpc) is 3.70. The van der Waals surface area contributed by atoms with Crippen LogP contribution in [0.4, 0.5) is 0 Å². The summed E-state index contributed by atoms with van der Waals surface area (Å²) < 4.78 is 4.27. The SMILES string of the molecule is CC(C)(c1cc(-c2ccnc(C(C)(C)c3nccn3-c3ccccc3)c2)ccn1)c1nccn1-c1ccccc1. The first-order valence-electron chi connectivity index (χ1n) is 13.5. The Balaban J connectivity index is 1.36. The average molecular weight is 525 g/mol. The van der Waals surface area contributed by atoms with Crippen LogP contribution in [-0.4, -0.2) is 29.1 Å². The maximum atomic E-state index is 4.80. The molecule has 6 aromatic rings. The van der Waals surface area contributed by atoms with E-state index < -0.39 is 10.8 Å². The summed E-state index contributed by atoms with van der Waals surface area (Å²) in [4.78, 5) is 19.1. The summed E-state index contributed by atoms with van der Waals surface area (Å²) in [5, 5.41) is 0. The predicted octanol–water partition coefficient (Wildman–Crippen LogP) is 7.17. The van der Waals surface area contributed by atoms with Crippen molar-refractivity contribution in [2.45, 2.75) is 38.5 Å². The van der Waals surface area contributed by atoms with Gasteiger partial charge in [-0.2, -0.15) is 0 Å². The molecule has 0 N–H and O–H groups in total. The minimum atomic E-state index is -0.426. The molecule has 0 aliphatic carbocycles. The summed E-state index contributed by atoms with van der Waals surface area (Å²) in [7, 11) is 0. The van der Waals surface area contributed by atoms with Crippen LogP contribution in [0.2, 0.25) is 0 Å². The Kier molecular flexibility index (Phi) is 6.39. The normalized spacial score (nSPS) is 12.0. The summed E-state index contributed by atoms with van der Waals surface area (Å²) in [5.74, 6) is 1.88. The lowest BCUT2D eigenvalue weighted by Crippen LogP contribution is -2.25. The monoisotopic (exact) mass is 524 g/mol. The summed E-state index contributed by atoms with van der Waals surface area (Å²) in [6.07, 6.45) is 11.5. The van der Waals surface area contributed by atoms with Gasteiger partial charge in [0.1, 0.15) is 11.6 Å². The van der Waals surface area contributed by atoms with Crippen molar-refractivity contribution in [2.75, 3.05) is 0 Å². The molecule has 0 bridgehead atoms. The largest absolute Gasteiger partial charge is 0.303 e. The molecule has 0 amide bonds. The third-order valence-electron chi connectivity index (χ3n) is 7.60. The van der Waals surface area contributed by atoms with Crippen molar-refractivity contribution in [3.63, 3.8) is 0 Å². The number of benzene rings is 2. The third kappa shape index (κ3) is 4.51. The number of imidazole rings is 2. The Hall–Kier alpha value is -4.84.